The lowest BCUT2D eigenvalue weighted by atomic mass is 10.1. The minimum atomic E-state index is -1.45. The molecule has 1 rings (SSSR count). The molecule has 0 fully saturated rings. The van der Waals surface area contributed by atoms with Gasteiger partial charge in [-0.25, -0.2) is 18.4 Å². The molecule has 0 radical (unpaired) electrons. The van der Waals surface area contributed by atoms with E-state index in [1.807, 2.05) is 0 Å². The van der Waals surface area contributed by atoms with Gasteiger partial charge in [0.15, 0.2) is 11.6 Å². The van der Waals surface area contributed by atoms with Crippen molar-refractivity contribution in [3.05, 3.63) is 23.8 Å². The number of nitrogens with one attached hydrogen (secondary N) is 2. The van der Waals surface area contributed by atoms with E-state index in [9.17, 15) is 23.2 Å². The highest BCUT2D eigenvalue weighted by Gasteiger charge is 2.22. The minimum absolute atomic E-state index is 0.191. The molecule has 0 bridgehead atoms. The molecule has 2 amide bonds. The number of nitrogens with zero attached hydrogens (tertiary/aromatic N) is 1. The number of carbonyl (C=O) groups is 3. The van der Waals surface area contributed by atoms with Crippen LogP contribution in [0, 0.1) is 11.6 Å². The maximum absolute atomic E-state index is 14.4. The molecule has 0 saturated heterocycles. The van der Waals surface area contributed by atoms with Crippen LogP contribution in [0.1, 0.15) is 12.8 Å². The highest BCUT2D eigenvalue weighted by molar-refractivity contribution is 14.1. The fourth-order valence-corrected chi connectivity index (χ4v) is 3.49. The normalized spacial score (nSPS) is 11.6. The Morgan fingerprint density at radius 1 is 1.07 bits per heavy atom. The van der Waals surface area contributed by atoms with Crippen LogP contribution >= 0.6 is 45.2 Å². The fourth-order valence-electron chi connectivity index (χ4n) is 2.33. The fraction of sp³-hybridized carbons (Fsp3) is 0.438. The van der Waals surface area contributed by atoms with Crippen molar-refractivity contribution in [2.45, 2.75) is 18.9 Å². The van der Waals surface area contributed by atoms with Crippen LogP contribution in [0.3, 0.4) is 0 Å². The molecule has 0 aliphatic carbocycles. The summed E-state index contributed by atoms with van der Waals surface area (Å²) in [5.74, 6) is -4.34. The van der Waals surface area contributed by atoms with Crippen LogP contribution in [0.15, 0.2) is 12.1 Å². The maximum Gasteiger partial charge on any atom is 0.326 e. The summed E-state index contributed by atoms with van der Waals surface area (Å²) in [5.41, 5.74) is -0.383. The van der Waals surface area contributed by atoms with Crippen LogP contribution in [-0.4, -0.2) is 56.2 Å². The lowest BCUT2D eigenvalue weighted by Crippen LogP contribution is -2.43. The Morgan fingerprint density at radius 2 is 1.61 bits per heavy atom. The highest BCUT2D eigenvalue weighted by atomic mass is 127. The summed E-state index contributed by atoms with van der Waals surface area (Å²) in [6, 6.07) is -0.579. The first kappa shape index (κ1) is 24.6. The molecule has 0 aliphatic rings. The van der Waals surface area contributed by atoms with Gasteiger partial charge in [-0.3, -0.25) is 4.79 Å². The zero-order chi connectivity index (χ0) is 21.3. The molecule has 0 heterocycles. The van der Waals surface area contributed by atoms with Crippen LogP contribution in [0.5, 0.6) is 0 Å². The number of hydrogen-bond donors (Lipinski definition) is 4. The molecule has 1 aromatic rings. The van der Waals surface area contributed by atoms with E-state index < -0.39 is 42.1 Å². The quantitative estimate of drug-likeness (QED) is 0.222. The number of benzene rings is 1. The van der Waals surface area contributed by atoms with Crippen LogP contribution in [0.4, 0.5) is 25.0 Å². The smallest absolute Gasteiger partial charge is 0.326 e. The van der Waals surface area contributed by atoms with Crippen LogP contribution in [0.2, 0.25) is 0 Å². The maximum atomic E-state index is 14.4. The summed E-state index contributed by atoms with van der Waals surface area (Å²) in [6.45, 7) is 0.906. The molecule has 0 saturated carbocycles. The molecule has 28 heavy (non-hydrogen) atoms. The van der Waals surface area contributed by atoms with Gasteiger partial charge >= 0.3 is 18.0 Å². The monoisotopic (exact) mass is 625 g/mol. The zero-order valence-corrected chi connectivity index (χ0v) is 18.9. The molecule has 0 unspecified atom stereocenters. The average Bonchev–Trinajstić information content (AvgIpc) is 2.57. The van der Waals surface area contributed by atoms with Gasteiger partial charge in [0.05, 0.1) is 0 Å². The van der Waals surface area contributed by atoms with Crippen LogP contribution in [-0.2, 0) is 9.59 Å². The van der Waals surface area contributed by atoms with E-state index in [0.717, 1.165) is 12.1 Å². The van der Waals surface area contributed by atoms with Crippen molar-refractivity contribution in [3.8, 4) is 0 Å². The second kappa shape index (κ2) is 12.2. The van der Waals surface area contributed by atoms with Crippen molar-refractivity contribution in [2.75, 3.05) is 32.2 Å². The molecule has 12 heteroatoms. The number of rotatable bonds is 11. The van der Waals surface area contributed by atoms with E-state index in [1.54, 1.807) is 4.90 Å². The molecule has 4 N–H and O–H groups in total. The predicted octanol–water partition coefficient (Wildman–Crippen LogP) is 3.08. The lowest BCUT2D eigenvalue weighted by molar-refractivity contribution is -0.140. The summed E-state index contributed by atoms with van der Waals surface area (Å²) >= 11 is 4.21. The Labute approximate surface area is 187 Å². The van der Waals surface area contributed by atoms with Gasteiger partial charge in [0.1, 0.15) is 11.7 Å². The number of carboxylic acids is 2. The predicted molar refractivity (Wildman–Crippen MR) is 117 cm³/mol. The standard InChI is InChI=1S/C16H19F2I2N3O5/c17-10-7-9(8-11(18)14(10)23(5-3-19)6-4-20)21-16(28)22-12(15(26)27)1-2-13(24)25/h7-8,12H,1-6H2,(H,24,25)(H,26,27)(H2,21,22,28)/t12-/m0/s1. The number of aliphatic carboxylic acids is 2. The summed E-state index contributed by atoms with van der Waals surface area (Å²) in [6.07, 6.45) is -0.792. The second-order valence-corrected chi connectivity index (χ2v) is 7.73. The number of amides is 2. The van der Waals surface area contributed by atoms with Crippen LogP contribution in [0.25, 0.3) is 0 Å². The van der Waals surface area contributed by atoms with Crippen molar-refractivity contribution in [1.29, 1.82) is 0 Å². The van der Waals surface area contributed by atoms with Gasteiger partial charge in [-0.15, -0.1) is 0 Å². The van der Waals surface area contributed by atoms with E-state index in [1.165, 1.54) is 0 Å². The third-order valence-electron chi connectivity index (χ3n) is 3.55. The number of halogens is 4. The van der Waals surface area contributed by atoms with Crippen molar-refractivity contribution >= 4 is 74.5 Å². The first-order valence-electron chi connectivity index (χ1n) is 8.07. The Bertz CT molecular complexity index is 695. The van der Waals surface area contributed by atoms with Crippen molar-refractivity contribution < 1.29 is 33.4 Å². The molecule has 0 spiro atoms. The molecule has 1 atom stereocenters. The van der Waals surface area contributed by atoms with Gasteiger partial charge < -0.3 is 25.7 Å². The van der Waals surface area contributed by atoms with Gasteiger partial charge in [0.2, 0.25) is 0 Å². The molecule has 1 aromatic carbocycles. The zero-order valence-electron chi connectivity index (χ0n) is 14.6. The molecule has 0 aliphatic heterocycles. The third-order valence-corrected chi connectivity index (χ3v) is 4.52. The first-order chi connectivity index (χ1) is 13.2. The summed E-state index contributed by atoms with van der Waals surface area (Å²) in [5, 5.41) is 21.9. The SMILES string of the molecule is O=C(O)CC[C@H](NC(=O)Nc1cc(F)c(N(CCI)CCI)c(F)c1)C(=O)O. The Morgan fingerprint density at radius 3 is 2.04 bits per heavy atom. The Hall–Kier alpha value is -1.45. The summed E-state index contributed by atoms with van der Waals surface area (Å²) in [7, 11) is 0. The summed E-state index contributed by atoms with van der Waals surface area (Å²) < 4.78 is 30.2. The largest absolute Gasteiger partial charge is 0.481 e. The van der Waals surface area contributed by atoms with Gasteiger partial charge in [-0.1, -0.05) is 45.2 Å². The van der Waals surface area contributed by atoms with Crippen molar-refractivity contribution in [3.63, 3.8) is 0 Å². The topological polar surface area (TPSA) is 119 Å². The van der Waals surface area contributed by atoms with Crippen LogP contribution < -0.4 is 15.5 Å². The first-order valence-corrected chi connectivity index (χ1v) is 11.1. The molecular weight excluding hydrogens is 606 g/mol. The number of carbonyl (C=O) groups excluding carboxylic acids is 1. The summed E-state index contributed by atoms with van der Waals surface area (Å²) in [4.78, 5) is 35.1. The van der Waals surface area contributed by atoms with E-state index in [2.05, 4.69) is 55.8 Å². The number of anilines is 2. The minimum Gasteiger partial charge on any atom is -0.481 e. The number of hydrogen-bond acceptors (Lipinski definition) is 4. The van der Waals surface area contributed by atoms with Crippen molar-refractivity contribution in [2.24, 2.45) is 0 Å². The second-order valence-electron chi connectivity index (χ2n) is 5.58. The Kier molecular flexibility index (Phi) is 10.7. The van der Waals surface area contributed by atoms with Crippen molar-refractivity contribution in [1.82, 2.24) is 5.32 Å². The van der Waals surface area contributed by atoms with E-state index >= 15 is 0 Å². The van der Waals surface area contributed by atoms with Gasteiger partial charge in [0.25, 0.3) is 0 Å². The lowest BCUT2D eigenvalue weighted by Gasteiger charge is -2.24. The number of carboxylic acid groups (broad SMARTS) is 2. The average molecular weight is 625 g/mol. The van der Waals surface area contributed by atoms with E-state index in [-0.39, 0.29) is 17.8 Å². The highest BCUT2D eigenvalue weighted by Crippen LogP contribution is 2.27. The molecule has 0 aromatic heterocycles. The third kappa shape index (κ3) is 7.89. The van der Waals surface area contributed by atoms with E-state index in [0.29, 0.717) is 21.9 Å². The molecular formula is C16H19F2I2N3O5. The van der Waals surface area contributed by atoms with Gasteiger partial charge in [0, 0.05) is 34.1 Å². The molecule has 8 nitrogen and oxygen atoms in total. The molecule has 156 valence electrons. The number of alkyl halides is 2. The van der Waals surface area contributed by atoms with Gasteiger partial charge in [-0.2, -0.15) is 0 Å². The number of urea groups is 1. The Balaban J connectivity index is 2.90. The van der Waals surface area contributed by atoms with E-state index in [4.69, 9.17) is 10.2 Å². The van der Waals surface area contributed by atoms with Gasteiger partial charge in [-0.05, 0) is 18.6 Å².